The van der Waals surface area contributed by atoms with Crippen LogP contribution in [0.5, 0.6) is 0 Å². The van der Waals surface area contributed by atoms with E-state index >= 15 is 0 Å². The molecule has 0 unspecified atom stereocenters. The Balaban J connectivity index is 1.80. The van der Waals surface area contributed by atoms with E-state index in [1.54, 1.807) is 20.8 Å². The minimum Gasteiger partial charge on any atom is -0.383 e. The van der Waals surface area contributed by atoms with Crippen molar-refractivity contribution in [3.05, 3.63) is 0 Å². The van der Waals surface area contributed by atoms with Gasteiger partial charge in [0.25, 0.3) is 5.91 Å². The summed E-state index contributed by atoms with van der Waals surface area (Å²) in [6.45, 7) is 8.28. The van der Waals surface area contributed by atoms with Crippen LogP contribution in [0, 0.1) is 28.6 Å². The number of amides is 3. The average molecular weight is 506 g/mol. The van der Waals surface area contributed by atoms with Gasteiger partial charge in [-0.3, -0.25) is 23.9 Å². The lowest BCUT2D eigenvalue weighted by Gasteiger charge is -2.35. The Bertz CT molecular complexity index is 885. The number of rotatable bonds is 8. The van der Waals surface area contributed by atoms with E-state index in [1.165, 1.54) is 4.90 Å². The molecule has 1 aliphatic carbocycles. The fraction of sp³-hybridized carbons (Fsp3) is 0.826. The molecule has 35 heavy (non-hydrogen) atoms. The fourth-order valence-electron chi connectivity index (χ4n) is 5.28. The van der Waals surface area contributed by atoms with Gasteiger partial charge in [0.15, 0.2) is 5.78 Å². The molecular weight excluding hydrogens is 471 g/mol. The molecule has 0 aromatic rings. The molecule has 0 aromatic heterocycles. The molecule has 3 aliphatic rings. The van der Waals surface area contributed by atoms with Gasteiger partial charge in [-0.05, 0) is 35.5 Å². The molecule has 1 saturated carbocycles. The predicted octanol–water partition coefficient (Wildman–Crippen LogP) is 0.993. The van der Waals surface area contributed by atoms with Crippen LogP contribution in [-0.2, 0) is 23.9 Å². The van der Waals surface area contributed by atoms with Gasteiger partial charge < -0.3 is 20.6 Å². The molecule has 3 rings (SSSR count). The molecule has 9 nitrogen and oxygen atoms in total. The van der Waals surface area contributed by atoms with E-state index in [9.17, 15) is 37.5 Å². The van der Waals surface area contributed by atoms with Gasteiger partial charge in [0.05, 0.1) is 6.04 Å². The van der Waals surface area contributed by atoms with E-state index in [4.69, 9.17) is 0 Å². The second-order valence-corrected chi connectivity index (χ2v) is 11.4. The summed E-state index contributed by atoms with van der Waals surface area (Å²) in [7, 11) is 0. The number of likely N-dealkylation sites (tertiary alicyclic amines) is 1. The maximum absolute atomic E-state index is 13.4. The van der Waals surface area contributed by atoms with Crippen molar-refractivity contribution in [2.75, 3.05) is 19.7 Å². The molecule has 0 bridgehead atoms. The molecule has 0 aromatic carbocycles. The topological polar surface area (TPSA) is 125 Å². The maximum Gasteiger partial charge on any atom is 0.522 e. The third-order valence-corrected chi connectivity index (χ3v) is 7.58. The minimum absolute atomic E-state index is 0.0118. The number of nitrogens with zero attached hydrogens (tertiary/aromatic N) is 1. The highest BCUT2D eigenvalue weighted by Crippen LogP contribution is 2.65. The van der Waals surface area contributed by atoms with E-state index in [0.29, 0.717) is 13.0 Å². The summed E-state index contributed by atoms with van der Waals surface area (Å²) >= 11 is 0. The molecule has 0 spiro atoms. The van der Waals surface area contributed by atoms with Gasteiger partial charge in [-0.25, -0.2) is 0 Å². The maximum atomic E-state index is 13.4. The standard InChI is InChI=1S/C23H34F3N3O6/c1-21(2,3)17(31)20(34)29-9-12-15(22(12,4)5)16(29)19(33)28-13(8-11-6-7-27-18(11)32)14(30)10-35-23(24,25)26/h11-13,15-17,31H,6-10H2,1-5H3,(H,27,32)(H,28,33)/t11-,12-,13-,15-,16-,17-/m0/s1. The second-order valence-electron chi connectivity index (χ2n) is 11.4. The second kappa shape index (κ2) is 9.34. The average Bonchev–Trinajstić information content (AvgIpc) is 3.10. The molecule has 3 amide bonds. The third-order valence-electron chi connectivity index (χ3n) is 7.58. The highest BCUT2D eigenvalue weighted by atomic mass is 19.4. The molecule has 2 saturated heterocycles. The number of aliphatic hydroxyl groups is 1. The molecule has 12 heteroatoms. The third kappa shape index (κ3) is 5.79. The van der Waals surface area contributed by atoms with Gasteiger partial charge in [0.2, 0.25) is 11.8 Å². The molecular formula is C23H34F3N3O6. The van der Waals surface area contributed by atoms with Gasteiger partial charge in [0, 0.05) is 19.0 Å². The number of hydrogen-bond acceptors (Lipinski definition) is 6. The number of carbonyl (C=O) groups excluding carboxylic acids is 4. The highest BCUT2D eigenvalue weighted by Gasteiger charge is 2.69. The van der Waals surface area contributed by atoms with Crippen LogP contribution >= 0.6 is 0 Å². The number of fused-ring (bicyclic) bond motifs is 1. The monoisotopic (exact) mass is 505 g/mol. The van der Waals surface area contributed by atoms with Crippen molar-refractivity contribution in [2.24, 2.45) is 28.6 Å². The summed E-state index contributed by atoms with van der Waals surface area (Å²) in [6.07, 6.45) is -6.20. The van der Waals surface area contributed by atoms with Crippen LogP contribution < -0.4 is 10.6 Å². The molecule has 198 valence electrons. The zero-order chi connectivity index (χ0) is 26.5. The van der Waals surface area contributed by atoms with E-state index in [1.807, 2.05) is 13.8 Å². The van der Waals surface area contributed by atoms with E-state index < -0.39 is 60.1 Å². The number of ether oxygens (including phenoxy) is 1. The van der Waals surface area contributed by atoms with Crippen LogP contribution in [0.15, 0.2) is 0 Å². The zero-order valence-electron chi connectivity index (χ0n) is 20.6. The smallest absolute Gasteiger partial charge is 0.383 e. The van der Waals surface area contributed by atoms with E-state index in [0.717, 1.165) is 0 Å². The summed E-state index contributed by atoms with van der Waals surface area (Å²) in [5.41, 5.74) is -1.03. The largest absolute Gasteiger partial charge is 0.522 e. The van der Waals surface area contributed by atoms with Crippen LogP contribution in [0.25, 0.3) is 0 Å². The van der Waals surface area contributed by atoms with Gasteiger partial charge in [-0.1, -0.05) is 34.6 Å². The van der Waals surface area contributed by atoms with Crippen molar-refractivity contribution < 1.29 is 42.2 Å². The molecule has 6 atom stereocenters. The molecule has 2 heterocycles. The van der Waals surface area contributed by atoms with Crippen molar-refractivity contribution in [3.8, 4) is 0 Å². The Morgan fingerprint density at radius 1 is 1.26 bits per heavy atom. The first kappa shape index (κ1) is 27.4. The van der Waals surface area contributed by atoms with Crippen molar-refractivity contribution in [2.45, 2.75) is 72.0 Å². The quantitative estimate of drug-likeness (QED) is 0.452. The molecule has 2 aliphatic heterocycles. The lowest BCUT2D eigenvalue weighted by atomic mass is 9.87. The molecule has 0 radical (unpaired) electrons. The number of carbonyl (C=O) groups is 4. The lowest BCUT2D eigenvalue weighted by Crippen LogP contribution is -2.57. The lowest BCUT2D eigenvalue weighted by molar-refractivity contribution is -0.321. The van der Waals surface area contributed by atoms with E-state index in [2.05, 4.69) is 15.4 Å². The number of alkyl halides is 3. The van der Waals surface area contributed by atoms with E-state index in [-0.39, 0.29) is 36.1 Å². The summed E-state index contributed by atoms with van der Waals surface area (Å²) in [5, 5.41) is 15.6. The van der Waals surface area contributed by atoms with Crippen molar-refractivity contribution in [1.29, 1.82) is 0 Å². The van der Waals surface area contributed by atoms with Gasteiger partial charge in [0.1, 0.15) is 18.8 Å². The Morgan fingerprint density at radius 2 is 1.89 bits per heavy atom. The number of Topliss-reactive ketones (excluding diaryl/α,β-unsaturated/α-hetero) is 1. The van der Waals surface area contributed by atoms with Crippen LogP contribution in [0.1, 0.15) is 47.5 Å². The number of hydrogen-bond donors (Lipinski definition) is 3. The number of halogens is 3. The van der Waals surface area contributed by atoms with Crippen LogP contribution in [0.3, 0.4) is 0 Å². The van der Waals surface area contributed by atoms with Gasteiger partial charge in [-0.2, -0.15) is 0 Å². The summed E-state index contributed by atoms with van der Waals surface area (Å²) < 4.78 is 41.2. The molecule has 3 N–H and O–H groups in total. The van der Waals surface area contributed by atoms with Crippen LogP contribution in [-0.4, -0.2) is 77.8 Å². The molecule has 3 fully saturated rings. The van der Waals surface area contributed by atoms with Crippen molar-refractivity contribution in [3.63, 3.8) is 0 Å². The number of ketones is 1. The first-order valence-electron chi connectivity index (χ1n) is 11.7. The zero-order valence-corrected chi connectivity index (χ0v) is 20.6. The Kier molecular flexibility index (Phi) is 7.31. The fourth-order valence-corrected chi connectivity index (χ4v) is 5.28. The Morgan fingerprint density at radius 3 is 2.40 bits per heavy atom. The van der Waals surface area contributed by atoms with Gasteiger partial charge in [-0.15, -0.1) is 13.2 Å². The number of piperidine rings is 1. The first-order chi connectivity index (χ1) is 15.9. The van der Waals surface area contributed by atoms with Crippen LogP contribution in [0.4, 0.5) is 13.2 Å². The minimum atomic E-state index is -5.03. The summed E-state index contributed by atoms with van der Waals surface area (Å²) in [4.78, 5) is 52.4. The Hall–Kier alpha value is -2.21. The van der Waals surface area contributed by atoms with Crippen molar-refractivity contribution in [1.82, 2.24) is 15.5 Å². The van der Waals surface area contributed by atoms with Crippen molar-refractivity contribution >= 4 is 23.5 Å². The normalized spacial score (nSPS) is 29.3. The van der Waals surface area contributed by atoms with Crippen LogP contribution in [0.2, 0.25) is 0 Å². The predicted molar refractivity (Wildman–Crippen MR) is 116 cm³/mol. The number of aliphatic hydroxyl groups excluding tert-OH is 1. The summed E-state index contributed by atoms with van der Waals surface area (Å²) in [5.74, 6) is -3.53. The SMILES string of the molecule is CC(C)(C)[C@@H](O)C(=O)N1C[C@H]2[C@@H]([C@H]1C(=O)N[C@@H](C[C@@H]1CCNC1=O)C(=O)COC(F)(F)F)C2(C)C. The Labute approximate surface area is 202 Å². The highest BCUT2D eigenvalue weighted by molar-refractivity contribution is 5.95. The summed E-state index contributed by atoms with van der Waals surface area (Å²) in [6, 6.07) is -2.39. The first-order valence-corrected chi connectivity index (χ1v) is 11.7. The van der Waals surface area contributed by atoms with Gasteiger partial charge >= 0.3 is 6.36 Å². The number of nitrogens with one attached hydrogen (secondary N) is 2.